The minimum Gasteiger partial charge on any atom is -0.488 e. The number of hydrogen-bond acceptors (Lipinski definition) is 7. The molecule has 0 bridgehead atoms. The predicted octanol–water partition coefficient (Wildman–Crippen LogP) is -0.0681. The highest BCUT2D eigenvalue weighted by atomic mass is 19.1. The van der Waals surface area contributed by atoms with Crippen LogP contribution in [-0.2, 0) is 9.53 Å². The summed E-state index contributed by atoms with van der Waals surface area (Å²) in [6, 6.07) is 4.18. The van der Waals surface area contributed by atoms with E-state index in [4.69, 9.17) is 9.47 Å². The fraction of sp³-hybridized carbons (Fsp3) is 0.579. The number of hydrogen-bond donors (Lipinski definition) is 3. The number of aliphatic hydroxyl groups is 1. The van der Waals surface area contributed by atoms with Gasteiger partial charge in [0.15, 0.2) is 11.6 Å². The van der Waals surface area contributed by atoms with Crippen molar-refractivity contribution in [3.63, 3.8) is 0 Å². The third-order valence-electron chi connectivity index (χ3n) is 4.79. The van der Waals surface area contributed by atoms with Gasteiger partial charge in [-0.15, -0.1) is 0 Å². The van der Waals surface area contributed by atoms with Crippen LogP contribution in [0.15, 0.2) is 18.2 Å². The number of ether oxygens (including phenoxy) is 2. The minimum atomic E-state index is -0.727. The van der Waals surface area contributed by atoms with E-state index in [2.05, 4.69) is 15.5 Å². The SMILES string of the molecule is CC(=O)NC[C@H]1CN(c2ccc(OCC(O)CN3CCNCC3)c(F)c2)C(=O)O1. The minimum absolute atomic E-state index is 0.00970. The molecule has 2 aliphatic rings. The zero-order valence-corrected chi connectivity index (χ0v) is 16.4. The molecule has 2 heterocycles. The fourth-order valence-corrected chi connectivity index (χ4v) is 3.30. The van der Waals surface area contributed by atoms with Crippen LogP contribution in [0.1, 0.15) is 6.92 Å². The highest BCUT2D eigenvalue weighted by molar-refractivity contribution is 5.89. The molecule has 2 fully saturated rings. The van der Waals surface area contributed by atoms with E-state index in [1.807, 2.05) is 0 Å². The van der Waals surface area contributed by atoms with Crippen molar-refractivity contribution in [1.82, 2.24) is 15.5 Å². The number of nitrogens with zero attached hydrogens (tertiary/aromatic N) is 2. The number of cyclic esters (lactones) is 1. The number of halogens is 1. The fourth-order valence-electron chi connectivity index (χ4n) is 3.30. The highest BCUT2D eigenvalue weighted by Crippen LogP contribution is 2.27. The molecule has 1 aromatic carbocycles. The number of aliphatic hydroxyl groups excluding tert-OH is 1. The number of amides is 2. The second kappa shape index (κ2) is 9.86. The Hall–Kier alpha value is -2.43. The van der Waals surface area contributed by atoms with Gasteiger partial charge in [-0.05, 0) is 12.1 Å². The largest absolute Gasteiger partial charge is 0.488 e. The Bertz CT molecular complexity index is 729. The van der Waals surface area contributed by atoms with Crippen molar-refractivity contribution in [2.75, 3.05) is 57.3 Å². The first-order valence-electron chi connectivity index (χ1n) is 9.68. The molecule has 2 aliphatic heterocycles. The van der Waals surface area contributed by atoms with Crippen molar-refractivity contribution in [2.45, 2.75) is 19.1 Å². The molecule has 0 spiro atoms. The predicted molar refractivity (Wildman–Crippen MR) is 104 cm³/mol. The average molecular weight is 410 g/mol. The molecule has 9 nitrogen and oxygen atoms in total. The number of carbonyl (C=O) groups is 2. The molecule has 29 heavy (non-hydrogen) atoms. The molecule has 0 aromatic heterocycles. The number of nitrogens with one attached hydrogen (secondary N) is 2. The van der Waals surface area contributed by atoms with E-state index < -0.39 is 24.1 Å². The van der Waals surface area contributed by atoms with Gasteiger partial charge in [-0.2, -0.15) is 0 Å². The molecule has 2 amide bonds. The van der Waals surface area contributed by atoms with Gasteiger partial charge in [0.1, 0.15) is 18.8 Å². The van der Waals surface area contributed by atoms with Gasteiger partial charge in [0.2, 0.25) is 5.91 Å². The monoisotopic (exact) mass is 410 g/mol. The number of carbonyl (C=O) groups excluding carboxylic acids is 2. The Kier molecular flexibility index (Phi) is 7.24. The molecule has 1 aromatic rings. The molecule has 10 heteroatoms. The first kappa shape index (κ1) is 21.3. The Morgan fingerprint density at radius 1 is 1.45 bits per heavy atom. The van der Waals surface area contributed by atoms with Crippen LogP contribution in [0.4, 0.5) is 14.9 Å². The highest BCUT2D eigenvalue weighted by Gasteiger charge is 2.32. The Labute approximate surface area is 168 Å². The first-order chi connectivity index (χ1) is 13.9. The maximum absolute atomic E-state index is 14.4. The van der Waals surface area contributed by atoms with Gasteiger partial charge in [0, 0.05) is 45.7 Å². The molecular weight excluding hydrogens is 383 g/mol. The summed E-state index contributed by atoms with van der Waals surface area (Å²) in [6.45, 7) is 5.71. The summed E-state index contributed by atoms with van der Waals surface area (Å²) in [5.74, 6) is -0.836. The summed E-state index contributed by atoms with van der Waals surface area (Å²) in [6.07, 6.45) is -1.82. The van der Waals surface area contributed by atoms with E-state index in [1.54, 1.807) is 6.07 Å². The normalized spacial score (nSPS) is 21.0. The Morgan fingerprint density at radius 2 is 2.21 bits per heavy atom. The van der Waals surface area contributed by atoms with Crippen LogP contribution < -0.4 is 20.3 Å². The van der Waals surface area contributed by atoms with Gasteiger partial charge >= 0.3 is 6.09 Å². The molecule has 0 aliphatic carbocycles. The first-order valence-corrected chi connectivity index (χ1v) is 9.68. The van der Waals surface area contributed by atoms with E-state index >= 15 is 0 Å². The zero-order chi connectivity index (χ0) is 20.8. The van der Waals surface area contributed by atoms with Crippen molar-refractivity contribution >= 4 is 17.7 Å². The maximum Gasteiger partial charge on any atom is 0.414 e. The maximum atomic E-state index is 14.4. The van der Waals surface area contributed by atoms with Gasteiger partial charge in [-0.3, -0.25) is 14.6 Å². The lowest BCUT2D eigenvalue weighted by Crippen LogP contribution is -2.47. The van der Waals surface area contributed by atoms with E-state index in [0.717, 1.165) is 26.2 Å². The third-order valence-corrected chi connectivity index (χ3v) is 4.79. The van der Waals surface area contributed by atoms with Crippen LogP contribution in [0.5, 0.6) is 5.75 Å². The van der Waals surface area contributed by atoms with Gasteiger partial charge < -0.3 is 25.2 Å². The zero-order valence-electron chi connectivity index (χ0n) is 16.4. The average Bonchev–Trinajstić information content (AvgIpc) is 3.07. The van der Waals surface area contributed by atoms with Crippen molar-refractivity contribution in [3.05, 3.63) is 24.0 Å². The van der Waals surface area contributed by atoms with Crippen molar-refractivity contribution in [3.8, 4) is 5.75 Å². The summed E-state index contributed by atoms with van der Waals surface area (Å²) in [5, 5.41) is 16.0. The summed E-state index contributed by atoms with van der Waals surface area (Å²) in [7, 11) is 0. The number of piperazine rings is 1. The van der Waals surface area contributed by atoms with Crippen molar-refractivity contribution in [1.29, 1.82) is 0 Å². The van der Waals surface area contributed by atoms with Crippen LogP contribution in [0, 0.1) is 5.82 Å². The van der Waals surface area contributed by atoms with Crippen molar-refractivity contribution in [2.24, 2.45) is 0 Å². The number of β-amino-alcohol motifs (C(OH)–C–C–N with tert-alkyl or cyclic N) is 1. The smallest absolute Gasteiger partial charge is 0.414 e. The van der Waals surface area contributed by atoms with Gasteiger partial charge in [-0.1, -0.05) is 0 Å². The van der Waals surface area contributed by atoms with Gasteiger partial charge in [0.25, 0.3) is 0 Å². The molecular formula is C19H27FN4O5. The quantitative estimate of drug-likeness (QED) is 0.551. The number of anilines is 1. The summed E-state index contributed by atoms with van der Waals surface area (Å²) >= 11 is 0. The van der Waals surface area contributed by atoms with E-state index in [0.29, 0.717) is 12.2 Å². The lowest BCUT2D eigenvalue weighted by molar-refractivity contribution is -0.119. The summed E-state index contributed by atoms with van der Waals surface area (Å²) < 4.78 is 25.0. The number of rotatable bonds is 8. The van der Waals surface area contributed by atoms with Gasteiger partial charge in [-0.25, -0.2) is 9.18 Å². The molecule has 0 radical (unpaired) electrons. The van der Waals surface area contributed by atoms with Crippen LogP contribution in [0.2, 0.25) is 0 Å². The second-order valence-electron chi connectivity index (χ2n) is 7.18. The molecule has 2 atom stereocenters. The van der Waals surface area contributed by atoms with E-state index in [1.165, 1.54) is 24.0 Å². The van der Waals surface area contributed by atoms with Crippen LogP contribution in [0.3, 0.4) is 0 Å². The van der Waals surface area contributed by atoms with E-state index in [-0.39, 0.29) is 31.4 Å². The molecule has 0 saturated carbocycles. The molecule has 160 valence electrons. The number of benzene rings is 1. The van der Waals surface area contributed by atoms with Crippen LogP contribution in [0.25, 0.3) is 0 Å². The Balaban J connectivity index is 1.51. The summed E-state index contributed by atoms with van der Waals surface area (Å²) in [4.78, 5) is 26.4. The third kappa shape index (κ3) is 6.02. The van der Waals surface area contributed by atoms with Gasteiger partial charge in [0.05, 0.1) is 18.8 Å². The van der Waals surface area contributed by atoms with E-state index in [9.17, 15) is 19.1 Å². The Morgan fingerprint density at radius 3 is 2.90 bits per heavy atom. The lowest BCUT2D eigenvalue weighted by Gasteiger charge is -2.29. The molecule has 2 saturated heterocycles. The van der Waals surface area contributed by atoms with Crippen molar-refractivity contribution < 1.29 is 28.6 Å². The lowest BCUT2D eigenvalue weighted by atomic mass is 10.2. The molecule has 3 rings (SSSR count). The van der Waals surface area contributed by atoms with Crippen LogP contribution >= 0.6 is 0 Å². The molecule has 1 unspecified atom stereocenters. The van der Waals surface area contributed by atoms with Crippen LogP contribution in [-0.4, -0.2) is 86.6 Å². The molecule has 3 N–H and O–H groups in total. The topological polar surface area (TPSA) is 103 Å². The summed E-state index contributed by atoms with van der Waals surface area (Å²) in [5.41, 5.74) is 0.339. The standard InChI is InChI=1S/C19H27FN4O5/c1-13(25)22-9-16-11-24(19(27)29-16)14-2-3-18(17(20)8-14)28-12-15(26)10-23-6-4-21-5-7-23/h2-3,8,15-16,21,26H,4-7,9-12H2,1H3,(H,22,25)/t15?,16-/m0/s1. The second-order valence-corrected chi connectivity index (χ2v) is 7.18.